The van der Waals surface area contributed by atoms with Crippen LogP contribution in [0.25, 0.3) is 0 Å². The summed E-state index contributed by atoms with van der Waals surface area (Å²) in [6.45, 7) is 0. The van der Waals surface area contributed by atoms with E-state index in [-0.39, 0.29) is 20.8 Å². The molecule has 0 bridgehead atoms. The molecule has 0 unspecified atom stereocenters. The molecule has 0 radical (unpaired) electrons. The van der Waals surface area contributed by atoms with E-state index in [1.807, 2.05) is 0 Å². The standard InChI is InChI=1S/C13H8Br2F2N2S/c14-7-2-1-3-8(16)12(7)19-9-5-4-6(13(18)20)10(15)11(9)17/h1-5,19H,(H2,18,20). The number of anilines is 2. The van der Waals surface area contributed by atoms with Gasteiger partial charge in [0.05, 0.1) is 15.8 Å². The topological polar surface area (TPSA) is 38.0 Å². The van der Waals surface area contributed by atoms with Gasteiger partial charge < -0.3 is 11.1 Å². The summed E-state index contributed by atoms with van der Waals surface area (Å²) in [5.41, 5.74) is 6.13. The first-order valence-corrected chi connectivity index (χ1v) is 7.40. The number of rotatable bonds is 3. The van der Waals surface area contributed by atoms with Crippen molar-refractivity contribution in [1.82, 2.24) is 0 Å². The van der Waals surface area contributed by atoms with Crippen molar-refractivity contribution in [1.29, 1.82) is 0 Å². The van der Waals surface area contributed by atoms with Crippen LogP contribution in [0, 0.1) is 11.6 Å². The van der Waals surface area contributed by atoms with Crippen LogP contribution in [0.5, 0.6) is 0 Å². The fourth-order valence-corrected chi connectivity index (χ4v) is 2.89. The van der Waals surface area contributed by atoms with Crippen molar-refractivity contribution in [3.63, 3.8) is 0 Å². The number of nitrogens with two attached hydrogens (primary N) is 1. The number of nitrogens with one attached hydrogen (secondary N) is 1. The van der Waals surface area contributed by atoms with Crippen molar-refractivity contribution < 1.29 is 8.78 Å². The van der Waals surface area contributed by atoms with Crippen molar-refractivity contribution in [2.45, 2.75) is 0 Å². The minimum absolute atomic E-state index is 0.0781. The third-order valence-corrected chi connectivity index (χ3v) is 4.23. The molecule has 0 amide bonds. The van der Waals surface area contributed by atoms with Gasteiger partial charge in [0.15, 0.2) is 5.82 Å². The van der Waals surface area contributed by atoms with E-state index in [0.29, 0.717) is 10.0 Å². The molecule has 2 rings (SSSR count). The molecule has 0 aliphatic rings. The Morgan fingerprint density at radius 2 is 1.85 bits per heavy atom. The van der Waals surface area contributed by atoms with Crippen molar-refractivity contribution in [3.05, 3.63) is 56.5 Å². The summed E-state index contributed by atoms with van der Waals surface area (Å²) in [5, 5.41) is 2.70. The predicted molar refractivity (Wildman–Crippen MR) is 87.4 cm³/mol. The van der Waals surface area contributed by atoms with Gasteiger partial charge in [-0.05, 0) is 56.1 Å². The Labute approximate surface area is 136 Å². The van der Waals surface area contributed by atoms with E-state index >= 15 is 0 Å². The van der Waals surface area contributed by atoms with Gasteiger partial charge in [-0.2, -0.15) is 0 Å². The van der Waals surface area contributed by atoms with Crippen LogP contribution in [0.1, 0.15) is 5.56 Å². The Morgan fingerprint density at radius 3 is 2.45 bits per heavy atom. The molecule has 0 spiro atoms. The van der Waals surface area contributed by atoms with Crippen LogP contribution < -0.4 is 11.1 Å². The molecule has 0 atom stereocenters. The highest BCUT2D eigenvalue weighted by Gasteiger charge is 2.15. The zero-order chi connectivity index (χ0) is 14.9. The molecule has 0 aromatic heterocycles. The van der Waals surface area contributed by atoms with Crippen molar-refractivity contribution in [2.24, 2.45) is 5.73 Å². The Morgan fingerprint density at radius 1 is 1.15 bits per heavy atom. The number of benzene rings is 2. The van der Waals surface area contributed by atoms with Crippen molar-refractivity contribution in [2.75, 3.05) is 5.32 Å². The van der Waals surface area contributed by atoms with E-state index in [1.165, 1.54) is 12.1 Å². The van der Waals surface area contributed by atoms with Gasteiger partial charge in [0.1, 0.15) is 10.8 Å². The molecule has 0 fully saturated rings. The summed E-state index contributed by atoms with van der Waals surface area (Å²) in [4.78, 5) is 0.0781. The molecule has 2 aromatic rings. The van der Waals surface area contributed by atoms with Crippen molar-refractivity contribution >= 4 is 60.4 Å². The smallest absolute Gasteiger partial charge is 0.161 e. The lowest BCUT2D eigenvalue weighted by atomic mass is 10.2. The molecule has 2 aromatic carbocycles. The first-order valence-electron chi connectivity index (χ1n) is 5.40. The van der Waals surface area contributed by atoms with Gasteiger partial charge in [-0.25, -0.2) is 8.78 Å². The van der Waals surface area contributed by atoms with Gasteiger partial charge in [-0.15, -0.1) is 0 Å². The second kappa shape index (κ2) is 6.15. The lowest BCUT2D eigenvalue weighted by Gasteiger charge is -2.13. The highest BCUT2D eigenvalue weighted by molar-refractivity contribution is 9.11. The van der Waals surface area contributed by atoms with E-state index in [9.17, 15) is 8.78 Å². The van der Waals surface area contributed by atoms with E-state index in [2.05, 4.69) is 37.2 Å². The molecular formula is C13H8Br2F2N2S. The maximum Gasteiger partial charge on any atom is 0.161 e. The van der Waals surface area contributed by atoms with E-state index in [0.717, 1.165) is 0 Å². The molecule has 104 valence electrons. The fraction of sp³-hybridized carbons (Fsp3) is 0. The van der Waals surface area contributed by atoms with Crippen LogP contribution >= 0.6 is 44.1 Å². The van der Waals surface area contributed by atoms with Crippen LogP contribution in [-0.4, -0.2) is 4.99 Å². The van der Waals surface area contributed by atoms with Gasteiger partial charge in [0.25, 0.3) is 0 Å². The zero-order valence-corrected chi connectivity index (χ0v) is 13.9. The lowest BCUT2D eigenvalue weighted by molar-refractivity contribution is 0.621. The van der Waals surface area contributed by atoms with Gasteiger partial charge in [-0.3, -0.25) is 0 Å². The summed E-state index contributed by atoms with van der Waals surface area (Å²) in [6.07, 6.45) is 0. The number of halogens is 4. The molecule has 0 saturated carbocycles. The summed E-state index contributed by atoms with van der Waals surface area (Å²) in [6, 6.07) is 7.50. The van der Waals surface area contributed by atoms with Gasteiger partial charge in [-0.1, -0.05) is 18.3 Å². The monoisotopic (exact) mass is 420 g/mol. The average molecular weight is 422 g/mol. The SMILES string of the molecule is NC(=S)c1ccc(Nc2c(F)cccc2Br)c(F)c1Br. The summed E-state index contributed by atoms with van der Waals surface area (Å²) >= 11 is 11.1. The van der Waals surface area contributed by atoms with Gasteiger partial charge in [0, 0.05) is 10.0 Å². The molecule has 7 heteroatoms. The Bertz CT molecular complexity index is 672. The van der Waals surface area contributed by atoms with E-state index < -0.39 is 11.6 Å². The summed E-state index contributed by atoms with van der Waals surface area (Å²) < 4.78 is 28.6. The van der Waals surface area contributed by atoms with Gasteiger partial charge >= 0.3 is 0 Å². The van der Waals surface area contributed by atoms with Crippen molar-refractivity contribution in [3.8, 4) is 0 Å². The average Bonchev–Trinajstić information content (AvgIpc) is 2.38. The number of hydrogen-bond donors (Lipinski definition) is 2. The normalized spacial score (nSPS) is 10.4. The molecular weight excluding hydrogens is 414 g/mol. The fourth-order valence-electron chi connectivity index (χ4n) is 1.59. The lowest BCUT2D eigenvalue weighted by Crippen LogP contribution is -2.11. The number of thiocarbonyl (C=S) groups is 1. The zero-order valence-electron chi connectivity index (χ0n) is 9.88. The largest absolute Gasteiger partial charge is 0.389 e. The third-order valence-electron chi connectivity index (χ3n) is 2.57. The maximum absolute atomic E-state index is 14.2. The van der Waals surface area contributed by atoms with E-state index in [1.54, 1.807) is 18.2 Å². The molecule has 0 aliphatic carbocycles. The third kappa shape index (κ3) is 2.99. The second-order valence-electron chi connectivity index (χ2n) is 3.87. The number of hydrogen-bond acceptors (Lipinski definition) is 2. The minimum atomic E-state index is -0.592. The Hall–Kier alpha value is -1.05. The van der Waals surface area contributed by atoms with Crippen LogP contribution in [0.3, 0.4) is 0 Å². The maximum atomic E-state index is 14.2. The van der Waals surface area contributed by atoms with Crippen LogP contribution in [-0.2, 0) is 0 Å². The second-order valence-corrected chi connectivity index (χ2v) is 5.96. The molecule has 0 aliphatic heterocycles. The first kappa shape index (κ1) is 15.3. The quantitative estimate of drug-likeness (QED) is 0.694. The van der Waals surface area contributed by atoms with Gasteiger partial charge in [0.2, 0.25) is 0 Å². The van der Waals surface area contributed by atoms with Crippen LogP contribution in [0.2, 0.25) is 0 Å². The van der Waals surface area contributed by atoms with Crippen LogP contribution in [0.4, 0.5) is 20.2 Å². The highest BCUT2D eigenvalue weighted by Crippen LogP contribution is 2.33. The Balaban J connectivity index is 2.45. The molecule has 3 N–H and O–H groups in total. The highest BCUT2D eigenvalue weighted by atomic mass is 79.9. The summed E-state index contributed by atoms with van der Waals surface area (Å²) in [5.74, 6) is -1.08. The minimum Gasteiger partial charge on any atom is -0.389 e. The van der Waals surface area contributed by atoms with Crippen LogP contribution in [0.15, 0.2) is 39.3 Å². The molecule has 20 heavy (non-hydrogen) atoms. The number of para-hydroxylation sites is 1. The summed E-state index contributed by atoms with van der Waals surface area (Å²) in [7, 11) is 0. The first-order chi connectivity index (χ1) is 9.41. The molecule has 0 heterocycles. The Kier molecular flexibility index (Phi) is 4.72. The predicted octanol–water partition coefficient (Wildman–Crippen LogP) is 4.87. The molecule has 2 nitrogen and oxygen atoms in total. The van der Waals surface area contributed by atoms with E-state index in [4.69, 9.17) is 18.0 Å². The molecule has 0 saturated heterocycles.